The van der Waals surface area contributed by atoms with Gasteiger partial charge in [-0.1, -0.05) is 0 Å². The molecule has 0 aliphatic carbocycles. The largest absolute Gasteiger partial charge is 0.454 e. The fraction of sp³-hybridized carbons (Fsp3) is 0.400. The molecule has 0 atom stereocenters. The summed E-state index contributed by atoms with van der Waals surface area (Å²) >= 11 is 0. The van der Waals surface area contributed by atoms with E-state index in [1.54, 1.807) is 0 Å². The first-order valence-electron chi connectivity index (χ1n) is 4.59. The molecular weight excluding hydrogens is 185 g/mol. The Morgan fingerprint density at radius 2 is 2.14 bits per heavy atom. The minimum atomic E-state index is -0.294. The van der Waals surface area contributed by atoms with E-state index in [4.69, 9.17) is 9.47 Å². The normalized spacial score (nSPS) is 12.9. The molecule has 0 unspecified atom stereocenters. The van der Waals surface area contributed by atoms with Crippen LogP contribution in [0.3, 0.4) is 0 Å². The SMILES string of the molecule is FCCCNc1ccc2c(c1)OCO2. The number of alkyl halides is 1. The van der Waals surface area contributed by atoms with Gasteiger partial charge in [0.05, 0.1) is 6.67 Å². The number of rotatable bonds is 4. The van der Waals surface area contributed by atoms with E-state index in [2.05, 4.69) is 5.32 Å². The Bertz CT molecular complexity index is 317. The van der Waals surface area contributed by atoms with Crippen LogP contribution in [0.2, 0.25) is 0 Å². The van der Waals surface area contributed by atoms with Gasteiger partial charge in [-0.05, 0) is 18.6 Å². The molecule has 4 heteroatoms. The van der Waals surface area contributed by atoms with E-state index in [9.17, 15) is 4.39 Å². The average Bonchev–Trinajstić information content (AvgIpc) is 2.65. The van der Waals surface area contributed by atoms with Crippen molar-refractivity contribution in [2.24, 2.45) is 0 Å². The number of nitrogens with one attached hydrogen (secondary N) is 1. The highest BCUT2D eigenvalue weighted by atomic mass is 19.1. The Morgan fingerprint density at radius 1 is 1.29 bits per heavy atom. The molecular formula is C10H12FNO2. The van der Waals surface area contributed by atoms with E-state index in [-0.39, 0.29) is 13.5 Å². The third kappa shape index (κ3) is 1.89. The van der Waals surface area contributed by atoms with Gasteiger partial charge in [-0.15, -0.1) is 0 Å². The van der Waals surface area contributed by atoms with E-state index in [0.717, 1.165) is 17.2 Å². The van der Waals surface area contributed by atoms with Gasteiger partial charge in [0.1, 0.15) is 0 Å². The molecule has 0 aromatic heterocycles. The maximum absolute atomic E-state index is 11.8. The maximum Gasteiger partial charge on any atom is 0.231 e. The third-order valence-electron chi connectivity index (χ3n) is 2.01. The monoisotopic (exact) mass is 197 g/mol. The lowest BCUT2D eigenvalue weighted by atomic mass is 10.2. The molecule has 1 aliphatic heterocycles. The maximum atomic E-state index is 11.8. The molecule has 1 aromatic carbocycles. The molecule has 0 saturated heterocycles. The number of ether oxygens (including phenoxy) is 2. The number of fused-ring (bicyclic) bond motifs is 1. The Balaban J connectivity index is 1.98. The van der Waals surface area contributed by atoms with Gasteiger partial charge in [0.15, 0.2) is 11.5 Å². The summed E-state index contributed by atoms with van der Waals surface area (Å²) in [6, 6.07) is 5.60. The minimum Gasteiger partial charge on any atom is -0.454 e. The lowest BCUT2D eigenvalue weighted by Gasteiger charge is -2.05. The number of hydrogen-bond acceptors (Lipinski definition) is 3. The Morgan fingerprint density at radius 3 is 3.00 bits per heavy atom. The average molecular weight is 197 g/mol. The highest BCUT2D eigenvalue weighted by molar-refractivity contribution is 5.55. The lowest BCUT2D eigenvalue weighted by Crippen LogP contribution is -2.01. The van der Waals surface area contributed by atoms with Crippen LogP contribution in [0.25, 0.3) is 0 Å². The van der Waals surface area contributed by atoms with Crippen molar-refractivity contribution in [2.75, 3.05) is 25.3 Å². The second-order valence-corrected chi connectivity index (χ2v) is 3.04. The van der Waals surface area contributed by atoms with Gasteiger partial charge >= 0.3 is 0 Å². The first-order chi connectivity index (χ1) is 6.90. The van der Waals surface area contributed by atoms with Gasteiger partial charge < -0.3 is 14.8 Å². The van der Waals surface area contributed by atoms with Crippen molar-refractivity contribution in [3.63, 3.8) is 0 Å². The van der Waals surface area contributed by atoms with Crippen LogP contribution in [0, 0.1) is 0 Å². The van der Waals surface area contributed by atoms with Crippen molar-refractivity contribution in [2.45, 2.75) is 6.42 Å². The van der Waals surface area contributed by atoms with Crippen molar-refractivity contribution >= 4 is 5.69 Å². The van der Waals surface area contributed by atoms with Crippen LogP contribution in [0.1, 0.15) is 6.42 Å². The summed E-state index contributed by atoms with van der Waals surface area (Å²) in [4.78, 5) is 0. The van der Waals surface area contributed by atoms with Gasteiger partial charge in [-0.2, -0.15) is 0 Å². The molecule has 0 amide bonds. The third-order valence-corrected chi connectivity index (χ3v) is 2.01. The summed E-state index contributed by atoms with van der Waals surface area (Å²) in [5.74, 6) is 1.51. The van der Waals surface area contributed by atoms with Crippen molar-refractivity contribution in [3.05, 3.63) is 18.2 Å². The molecule has 1 aromatic rings. The molecule has 0 radical (unpaired) electrons. The smallest absolute Gasteiger partial charge is 0.231 e. The molecule has 14 heavy (non-hydrogen) atoms. The molecule has 1 aliphatic rings. The van der Waals surface area contributed by atoms with Crippen LogP contribution in [0.4, 0.5) is 10.1 Å². The number of halogens is 1. The van der Waals surface area contributed by atoms with Crippen LogP contribution >= 0.6 is 0 Å². The summed E-state index contributed by atoms with van der Waals surface area (Å²) in [6.45, 7) is 0.622. The second-order valence-electron chi connectivity index (χ2n) is 3.04. The molecule has 0 saturated carbocycles. The first kappa shape index (κ1) is 9.12. The molecule has 76 valence electrons. The summed E-state index contributed by atoms with van der Waals surface area (Å²) < 4.78 is 22.2. The van der Waals surface area contributed by atoms with E-state index in [1.165, 1.54) is 0 Å². The van der Waals surface area contributed by atoms with Crippen LogP contribution < -0.4 is 14.8 Å². The second kappa shape index (κ2) is 4.17. The molecule has 0 spiro atoms. The van der Waals surface area contributed by atoms with Gasteiger partial charge in [-0.3, -0.25) is 4.39 Å². The standard InChI is InChI=1S/C10H12FNO2/c11-4-1-5-12-8-2-3-9-10(6-8)14-7-13-9/h2-3,6,12H,1,4-5,7H2. The number of benzene rings is 1. The predicted octanol–water partition coefficient (Wildman–Crippen LogP) is 2.19. The van der Waals surface area contributed by atoms with Crippen molar-refractivity contribution in [1.29, 1.82) is 0 Å². The van der Waals surface area contributed by atoms with E-state index in [0.29, 0.717) is 13.0 Å². The molecule has 0 fully saturated rings. The Labute approximate surface area is 81.8 Å². The summed E-state index contributed by atoms with van der Waals surface area (Å²) in [5.41, 5.74) is 0.933. The minimum absolute atomic E-state index is 0.281. The predicted molar refractivity (Wildman–Crippen MR) is 51.6 cm³/mol. The van der Waals surface area contributed by atoms with E-state index < -0.39 is 0 Å². The van der Waals surface area contributed by atoms with Crippen molar-refractivity contribution in [3.8, 4) is 11.5 Å². The highest BCUT2D eigenvalue weighted by Crippen LogP contribution is 2.34. The van der Waals surface area contributed by atoms with E-state index in [1.807, 2.05) is 18.2 Å². The first-order valence-corrected chi connectivity index (χ1v) is 4.59. The zero-order chi connectivity index (χ0) is 9.80. The fourth-order valence-corrected chi connectivity index (χ4v) is 1.31. The topological polar surface area (TPSA) is 30.5 Å². The van der Waals surface area contributed by atoms with Gasteiger partial charge in [0, 0.05) is 18.3 Å². The van der Waals surface area contributed by atoms with Crippen LogP contribution in [-0.2, 0) is 0 Å². The van der Waals surface area contributed by atoms with Gasteiger partial charge in [0.2, 0.25) is 6.79 Å². The summed E-state index contributed by atoms with van der Waals surface area (Å²) in [7, 11) is 0. The summed E-state index contributed by atoms with van der Waals surface area (Å²) in [6.07, 6.45) is 0.522. The molecule has 3 nitrogen and oxygen atoms in total. The van der Waals surface area contributed by atoms with Gasteiger partial charge in [0.25, 0.3) is 0 Å². The zero-order valence-corrected chi connectivity index (χ0v) is 7.75. The Kier molecular flexibility index (Phi) is 2.72. The molecule has 1 heterocycles. The van der Waals surface area contributed by atoms with Crippen molar-refractivity contribution < 1.29 is 13.9 Å². The molecule has 1 N–H and O–H groups in total. The Hall–Kier alpha value is -1.45. The highest BCUT2D eigenvalue weighted by Gasteiger charge is 2.12. The quantitative estimate of drug-likeness (QED) is 0.750. The summed E-state index contributed by atoms with van der Waals surface area (Å²) in [5, 5.41) is 3.10. The zero-order valence-electron chi connectivity index (χ0n) is 7.75. The van der Waals surface area contributed by atoms with E-state index >= 15 is 0 Å². The number of hydrogen-bond donors (Lipinski definition) is 1. The fourth-order valence-electron chi connectivity index (χ4n) is 1.31. The van der Waals surface area contributed by atoms with Crippen molar-refractivity contribution in [1.82, 2.24) is 0 Å². The lowest BCUT2D eigenvalue weighted by molar-refractivity contribution is 0.174. The van der Waals surface area contributed by atoms with Crippen LogP contribution in [0.5, 0.6) is 11.5 Å². The van der Waals surface area contributed by atoms with Gasteiger partial charge in [-0.25, -0.2) is 0 Å². The van der Waals surface area contributed by atoms with Crippen LogP contribution in [0.15, 0.2) is 18.2 Å². The molecule has 2 rings (SSSR count). The number of anilines is 1. The molecule has 0 bridgehead atoms. The van der Waals surface area contributed by atoms with Crippen LogP contribution in [-0.4, -0.2) is 20.0 Å².